The molecule has 9 heavy (non-hydrogen) atoms. The van der Waals surface area contributed by atoms with E-state index in [1.807, 2.05) is 0 Å². The Bertz CT molecular complexity index is 20.5. The fraction of sp³-hybridized carbons (Fsp3) is 0. The molecule has 0 aliphatic carbocycles. The molecule has 0 atom stereocenters. The summed E-state index contributed by atoms with van der Waals surface area (Å²) in [5.41, 5.74) is 0. The average molecular weight is 614 g/mol. The summed E-state index contributed by atoms with van der Waals surface area (Å²) in [5.74, 6) is 0. The maximum Gasteiger partial charge on any atom is 0 e. The van der Waals surface area contributed by atoms with Gasteiger partial charge in [-0.15, -0.1) is 0 Å². The Kier molecular flexibility index (Phi) is 1140. The van der Waals surface area contributed by atoms with Gasteiger partial charge in [-0.25, -0.2) is 0 Å². The van der Waals surface area contributed by atoms with Crippen LogP contribution in [0.15, 0.2) is 0 Å². The molecular formula is H10LaMnO4PbTiZr. The van der Waals surface area contributed by atoms with Crippen LogP contribution in [0.2, 0.25) is 0 Å². The minimum Gasteiger partial charge on any atom is 0 e. The Balaban J connectivity index is 0. The first-order valence-electron chi connectivity index (χ1n) is 0. The quantitative estimate of drug-likeness (QED) is 0.246. The molecule has 0 aromatic rings. The third-order valence-corrected chi connectivity index (χ3v) is 0. The molecular weight excluding hydrogens is 604 g/mol. The molecule has 0 aliphatic heterocycles. The molecule has 8 N–H and O–H groups in total. The van der Waals surface area contributed by atoms with Gasteiger partial charge in [-0.3, -0.25) is 0 Å². The molecule has 56 valence electrons. The van der Waals surface area contributed by atoms with Gasteiger partial charge in [-0.05, 0) is 0 Å². The van der Waals surface area contributed by atoms with E-state index in [1.54, 1.807) is 0 Å². The molecule has 4 radical (unpaired) electrons. The van der Waals surface area contributed by atoms with Gasteiger partial charge in [-0.1, -0.05) is 0 Å². The molecule has 0 saturated heterocycles. The first-order chi connectivity index (χ1) is 0. The van der Waals surface area contributed by atoms with E-state index in [1.165, 1.54) is 0 Å². The molecule has 0 aromatic carbocycles. The van der Waals surface area contributed by atoms with E-state index >= 15 is 0 Å². The zero-order valence-electron chi connectivity index (χ0n) is 4.66. The topological polar surface area (TPSA) is 126 Å². The van der Waals surface area contributed by atoms with Gasteiger partial charge >= 0.3 is 27.3 Å². The Morgan fingerprint density at radius 3 is 0.667 bits per heavy atom. The van der Waals surface area contributed by atoms with Crippen LogP contribution >= 0.6 is 0 Å². The number of hydrogen-bond donors (Lipinski definition) is 0. The predicted octanol–water partition coefficient (Wildman–Crippen LogP) is -4.22. The minimum atomic E-state index is 0. The minimum absolute atomic E-state index is 0. The van der Waals surface area contributed by atoms with Gasteiger partial charge in [0.1, 0.15) is 0 Å². The first-order valence-corrected chi connectivity index (χ1v) is 0. The zero-order valence-corrected chi connectivity index (χ0v) is 19.0. The van der Waals surface area contributed by atoms with Gasteiger partial charge in [0.25, 0.3) is 0 Å². The summed E-state index contributed by atoms with van der Waals surface area (Å²) in [6, 6.07) is 0. The number of rotatable bonds is 0. The van der Waals surface area contributed by atoms with Crippen LogP contribution in [0.25, 0.3) is 0 Å². The van der Waals surface area contributed by atoms with Crippen molar-refractivity contribution in [3.8, 4) is 0 Å². The van der Waals surface area contributed by atoms with Crippen LogP contribution in [-0.2, 0) is 65.0 Å². The van der Waals surface area contributed by atoms with Crippen LogP contribution in [0.4, 0.5) is 0 Å². The molecule has 4 nitrogen and oxygen atoms in total. The van der Waals surface area contributed by atoms with Gasteiger partial charge in [0.15, 0.2) is 0 Å². The summed E-state index contributed by atoms with van der Waals surface area (Å²) < 4.78 is 0. The van der Waals surface area contributed by atoms with Crippen LogP contribution in [-0.4, -0.2) is 49.2 Å². The summed E-state index contributed by atoms with van der Waals surface area (Å²) >= 11 is 0. The standard InChI is InChI=1S/La.Mn.4H2O.Pb.Ti.Zr.2H/h;;4*1H2;;;;;. The van der Waals surface area contributed by atoms with Gasteiger partial charge in [-0.2, -0.15) is 0 Å². The van der Waals surface area contributed by atoms with E-state index in [-0.39, 0.29) is 150 Å². The fourth-order valence-electron chi connectivity index (χ4n) is 0. The van der Waals surface area contributed by atoms with Crippen LogP contribution < -0.4 is 0 Å². The van der Waals surface area contributed by atoms with Gasteiger partial charge in [0, 0.05) is 101 Å². The van der Waals surface area contributed by atoms with Crippen molar-refractivity contribution in [2.75, 3.05) is 0 Å². The summed E-state index contributed by atoms with van der Waals surface area (Å²) in [6.07, 6.45) is 0. The molecule has 0 bridgehead atoms. The summed E-state index contributed by atoms with van der Waals surface area (Å²) in [7, 11) is 0. The molecule has 0 aliphatic rings. The largest absolute Gasteiger partial charge is 0 e. The molecule has 0 heterocycles. The SMILES string of the molecule is O.O.O.O.[La].[Mn].[PbH2].[Ti].[Zr]. The van der Waals surface area contributed by atoms with Crippen molar-refractivity contribution in [3.63, 3.8) is 0 Å². The van der Waals surface area contributed by atoms with Gasteiger partial charge in [0.2, 0.25) is 0 Å². The van der Waals surface area contributed by atoms with E-state index in [0.717, 1.165) is 0 Å². The smallest absolute Gasteiger partial charge is 0 e. The summed E-state index contributed by atoms with van der Waals surface area (Å²) in [5, 5.41) is 0. The van der Waals surface area contributed by atoms with Crippen molar-refractivity contribution >= 4 is 27.3 Å². The molecule has 0 rings (SSSR count). The second-order valence-electron chi connectivity index (χ2n) is 0. The Morgan fingerprint density at radius 1 is 0.667 bits per heavy atom. The molecule has 0 saturated carbocycles. The fourth-order valence-corrected chi connectivity index (χ4v) is 0. The Morgan fingerprint density at radius 2 is 0.667 bits per heavy atom. The third-order valence-electron chi connectivity index (χ3n) is 0. The molecule has 0 unspecified atom stereocenters. The van der Waals surface area contributed by atoms with Crippen LogP contribution in [0.1, 0.15) is 0 Å². The molecule has 0 amide bonds. The Labute approximate surface area is 147 Å². The third kappa shape index (κ3) is 73.8. The van der Waals surface area contributed by atoms with E-state index in [0.29, 0.717) is 0 Å². The maximum atomic E-state index is 0. The second-order valence-corrected chi connectivity index (χ2v) is 0. The Hall–Kier alpha value is 4.07. The van der Waals surface area contributed by atoms with Crippen LogP contribution in [0.5, 0.6) is 0 Å². The van der Waals surface area contributed by atoms with Crippen molar-refractivity contribution in [3.05, 3.63) is 0 Å². The monoisotopic (exact) mass is 614 g/mol. The number of hydrogen-bond acceptors (Lipinski definition) is 0. The van der Waals surface area contributed by atoms with E-state index < -0.39 is 0 Å². The van der Waals surface area contributed by atoms with Crippen LogP contribution in [0.3, 0.4) is 0 Å². The normalized spacial score (nSPS) is 0. The molecule has 0 aromatic heterocycles. The summed E-state index contributed by atoms with van der Waals surface area (Å²) in [4.78, 5) is 0. The summed E-state index contributed by atoms with van der Waals surface area (Å²) in [6.45, 7) is 0. The van der Waals surface area contributed by atoms with Gasteiger partial charge in [0.05, 0.1) is 0 Å². The molecule has 0 fully saturated rings. The predicted molar refractivity (Wildman–Crippen MR) is 23.0 cm³/mol. The van der Waals surface area contributed by atoms with E-state index in [9.17, 15) is 0 Å². The van der Waals surface area contributed by atoms with Crippen molar-refractivity contribution < 1.29 is 122 Å². The zero-order chi connectivity index (χ0) is 0. The van der Waals surface area contributed by atoms with Crippen LogP contribution in [0, 0.1) is 35.6 Å². The molecule has 9 heteroatoms. The van der Waals surface area contributed by atoms with Gasteiger partial charge < -0.3 is 21.9 Å². The van der Waals surface area contributed by atoms with E-state index in [4.69, 9.17) is 0 Å². The van der Waals surface area contributed by atoms with E-state index in [2.05, 4.69) is 0 Å². The second kappa shape index (κ2) is 89.2. The average Bonchev–Trinajstić information content (AvgIpc) is 0. The van der Waals surface area contributed by atoms with Crippen molar-refractivity contribution in [2.24, 2.45) is 0 Å². The maximum absolute atomic E-state index is 0. The first kappa shape index (κ1) is 115. The van der Waals surface area contributed by atoms with Crippen molar-refractivity contribution in [1.29, 1.82) is 0 Å². The van der Waals surface area contributed by atoms with Crippen molar-refractivity contribution in [1.82, 2.24) is 0 Å². The molecule has 0 spiro atoms. The van der Waals surface area contributed by atoms with Crippen molar-refractivity contribution in [2.45, 2.75) is 0 Å².